The van der Waals surface area contributed by atoms with Crippen LogP contribution in [-0.4, -0.2) is 30.0 Å². The number of nitro groups is 1. The van der Waals surface area contributed by atoms with E-state index in [-0.39, 0.29) is 24.0 Å². The Balaban J connectivity index is 0.00000288. The van der Waals surface area contributed by atoms with E-state index < -0.39 is 4.92 Å². The summed E-state index contributed by atoms with van der Waals surface area (Å²) in [6.45, 7) is 1.28. The number of non-ortho nitro benzene ring substituents is 1. The van der Waals surface area contributed by atoms with Crippen LogP contribution in [0.25, 0.3) is 0 Å². The van der Waals surface area contributed by atoms with Crippen LogP contribution < -0.4 is 10.6 Å². The molecule has 0 atom stereocenters. The van der Waals surface area contributed by atoms with Crippen molar-refractivity contribution in [3.05, 3.63) is 38.3 Å². The van der Waals surface area contributed by atoms with E-state index in [2.05, 4.69) is 26.6 Å². The molecule has 0 bridgehead atoms. The third-order valence-corrected chi connectivity index (χ3v) is 4.76. The van der Waals surface area contributed by atoms with Gasteiger partial charge < -0.3 is 10.6 Å². The Morgan fingerprint density at radius 2 is 1.88 bits per heavy atom. The molecule has 134 valence electrons. The second kappa shape index (κ2) is 10.6. The van der Waals surface area contributed by atoms with E-state index in [0.717, 1.165) is 6.54 Å². The zero-order chi connectivity index (χ0) is 16.7. The van der Waals surface area contributed by atoms with Gasteiger partial charge >= 0.3 is 0 Å². The van der Waals surface area contributed by atoms with Crippen molar-refractivity contribution in [2.75, 3.05) is 13.1 Å². The van der Waals surface area contributed by atoms with Crippen LogP contribution in [0.1, 0.15) is 48.9 Å². The lowest BCUT2D eigenvalue weighted by atomic mass is 10.1. The molecule has 1 amide bonds. The first kappa shape index (κ1) is 20.9. The maximum Gasteiger partial charge on any atom is 0.270 e. The molecule has 8 heteroatoms. The second-order valence-corrected chi connectivity index (χ2v) is 6.67. The van der Waals surface area contributed by atoms with Crippen LogP contribution in [0.4, 0.5) is 5.69 Å². The lowest BCUT2D eigenvalue weighted by molar-refractivity contribution is -0.384. The smallest absolute Gasteiger partial charge is 0.270 e. The average molecular weight is 421 g/mol. The molecular weight excluding hydrogens is 398 g/mol. The van der Waals surface area contributed by atoms with Gasteiger partial charge in [0, 0.05) is 35.7 Å². The van der Waals surface area contributed by atoms with Gasteiger partial charge in [-0.15, -0.1) is 12.4 Å². The summed E-state index contributed by atoms with van der Waals surface area (Å²) in [6.07, 6.45) is 7.62. The molecule has 1 aromatic rings. The molecule has 2 rings (SSSR count). The molecule has 24 heavy (non-hydrogen) atoms. The number of benzene rings is 1. The van der Waals surface area contributed by atoms with Crippen LogP contribution in [0, 0.1) is 10.1 Å². The van der Waals surface area contributed by atoms with Crippen LogP contribution >= 0.6 is 28.3 Å². The van der Waals surface area contributed by atoms with Crippen molar-refractivity contribution in [3.8, 4) is 0 Å². The third kappa shape index (κ3) is 6.37. The molecule has 1 aliphatic carbocycles. The number of hydrogen-bond donors (Lipinski definition) is 2. The number of rotatable bonds is 6. The summed E-state index contributed by atoms with van der Waals surface area (Å²) in [5, 5.41) is 17.0. The van der Waals surface area contributed by atoms with Gasteiger partial charge in [0.2, 0.25) is 0 Å². The first-order chi connectivity index (χ1) is 11.1. The van der Waals surface area contributed by atoms with Gasteiger partial charge in [0.15, 0.2) is 0 Å². The molecule has 0 aromatic heterocycles. The van der Waals surface area contributed by atoms with Gasteiger partial charge in [-0.05, 0) is 34.8 Å². The van der Waals surface area contributed by atoms with Crippen molar-refractivity contribution >= 4 is 39.9 Å². The number of carbonyl (C=O) groups excluding carboxylic acids is 1. The van der Waals surface area contributed by atoms with E-state index in [1.807, 2.05) is 0 Å². The second-order valence-electron chi connectivity index (χ2n) is 5.82. The molecule has 0 unspecified atom stereocenters. The lowest BCUT2D eigenvalue weighted by Gasteiger charge is -2.16. The molecule has 0 radical (unpaired) electrons. The molecule has 1 aromatic carbocycles. The minimum Gasteiger partial charge on any atom is -0.351 e. The highest BCUT2D eigenvalue weighted by molar-refractivity contribution is 9.10. The van der Waals surface area contributed by atoms with Gasteiger partial charge in [0.05, 0.1) is 10.5 Å². The SMILES string of the molecule is Cl.O=C(NCCNC1CCCCCC1)c1ccc([N+](=O)[O-])cc1Br. The monoisotopic (exact) mass is 419 g/mol. The Morgan fingerprint density at radius 3 is 2.46 bits per heavy atom. The molecule has 6 nitrogen and oxygen atoms in total. The Hall–Kier alpha value is -1.18. The quantitative estimate of drug-likeness (QED) is 0.317. The highest BCUT2D eigenvalue weighted by Crippen LogP contribution is 2.22. The number of amides is 1. The van der Waals surface area contributed by atoms with Gasteiger partial charge in [-0.3, -0.25) is 14.9 Å². The minimum atomic E-state index is -0.483. The van der Waals surface area contributed by atoms with Gasteiger partial charge in [0.1, 0.15) is 0 Å². The van der Waals surface area contributed by atoms with Gasteiger partial charge in [0.25, 0.3) is 11.6 Å². The molecule has 0 spiro atoms. The molecule has 1 fully saturated rings. The zero-order valence-corrected chi connectivity index (χ0v) is 15.8. The summed E-state index contributed by atoms with van der Waals surface area (Å²) in [5.74, 6) is -0.227. The van der Waals surface area contributed by atoms with Crippen molar-refractivity contribution in [2.45, 2.75) is 44.6 Å². The summed E-state index contributed by atoms with van der Waals surface area (Å²) < 4.78 is 0.431. The highest BCUT2D eigenvalue weighted by atomic mass is 79.9. The van der Waals surface area contributed by atoms with E-state index in [1.165, 1.54) is 56.7 Å². The largest absolute Gasteiger partial charge is 0.351 e. The maximum absolute atomic E-state index is 12.1. The Bertz CT molecular complexity index is 563. The normalized spacial score (nSPS) is 15.2. The first-order valence-corrected chi connectivity index (χ1v) is 8.83. The predicted molar refractivity (Wildman–Crippen MR) is 99.9 cm³/mol. The molecule has 0 aliphatic heterocycles. The molecule has 0 saturated heterocycles. The lowest BCUT2D eigenvalue weighted by Crippen LogP contribution is -2.37. The summed E-state index contributed by atoms with van der Waals surface area (Å²) in [6, 6.07) is 4.71. The van der Waals surface area contributed by atoms with E-state index in [1.54, 1.807) is 0 Å². The summed E-state index contributed by atoms with van der Waals surface area (Å²) in [4.78, 5) is 22.3. The van der Waals surface area contributed by atoms with Crippen LogP contribution in [0.3, 0.4) is 0 Å². The number of hydrogen-bond acceptors (Lipinski definition) is 4. The Kier molecular flexibility index (Phi) is 9.25. The van der Waals surface area contributed by atoms with Crippen LogP contribution in [0.5, 0.6) is 0 Å². The summed E-state index contributed by atoms with van der Waals surface area (Å²) >= 11 is 3.22. The van der Waals surface area contributed by atoms with E-state index in [9.17, 15) is 14.9 Å². The Labute approximate surface area is 156 Å². The average Bonchev–Trinajstić information content (AvgIpc) is 2.80. The van der Waals surface area contributed by atoms with Gasteiger partial charge in [-0.25, -0.2) is 0 Å². The number of nitro benzene ring substituents is 1. The fourth-order valence-electron chi connectivity index (χ4n) is 2.83. The predicted octanol–water partition coefficient (Wildman–Crippen LogP) is 3.82. The molecule has 1 saturated carbocycles. The van der Waals surface area contributed by atoms with Gasteiger partial charge in [-0.1, -0.05) is 25.7 Å². The number of carbonyl (C=O) groups is 1. The fourth-order valence-corrected chi connectivity index (χ4v) is 3.38. The van der Waals surface area contributed by atoms with Crippen molar-refractivity contribution in [3.63, 3.8) is 0 Å². The topological polar surface area (TPSA) is 84.3 Å². The standard InChI is InChI=1S/C16H22BrN3O3.ClH/c17-15-11-13(20(22)23)7-8-14(15)16(21)19-10-9-18-12-5-3-1-2-4-6-12;/h7-8,11-12,18H,1-6,9-10H2,(H,19,21);1H. The van der Waals surface area contributed by atoms with Crippen molar-refractivity contribution < 1.29 is 9.72 Å². The molecule has 2 N–H and O–H groups in total. The molecular formula is C16H23BrClN3O3. The summed E-state index contributed by atoms with van der Waals surface area (Å²) in [5.41, 5.74) is 0.369. The number of nitrogens with zero attached hydrogens (tertiary/aromatic N) is 1. The molecule has 1 aliphatic rings. The fraction of sp³-hybridized carbons (Fsp3) is 0.562. The maximum atomic E-state index is 12.1. The zero-order valence-electron chi connectivity index (χ0n) is 13.4. The number of nitrogens with one attached hydrogen (secondary N) is 2. The third-order valence-electron chi connectivity index (χ3n) is 4.11. The van der Waals surface area contributed by atoms with Crippen molar-refractivity contribution in [2.24, 2.45) is 0 Å². The van der Waals surface area contributed by atoms with Crippen molar-refractivity contribution in [1.29, 1.82) is 0 Å². The van der Waals surface area contributed by atoms with E-state index in [0.29, 0.717) is 22.6 Å². The Morgan fingerprint density at radius 1 is 1.21 bits per heavy atom. The highest BCUT2D eigenvalue weighted by Gasteiger charge is 2.15. The van der Waals surface area contributed by atoms with Gasteiger partial charge in [-0.2, -0.15) is 0 Å². The van der Waals surface area contributed by atoms with Crippen LogP contribution in [0.15, 0.2) is 22.7 Å². The first-order valence-electron chi connectivity index (χ1n) is 8.03. The summed E-state index contributed by atoms with van der Waals surface area (Å²) in [7, 11) is 0. The molecule has 0 heterocycles. The minimum absolute atomic E-state index is 0. The van der Waals surface area contributed by atoms with Crippen LogP contribution in [-0.2, 0) is 0 Å². The van der Waals surface area contributed by atoms with E-state index in [4.69, 9.17) is 0 Å². The van der Waals surface area contributed by atoms with Crippen molar-refractivity contribution in [1.82, 2.24) is 10.6 Å². The number of halogens is 2. The van der Waals surface area contributed by atoms with E-state index >= 15 is 0 Å². The van der Waals surface area contributed by atoms with Crippen LogP contribution in [0.2, 0.25) is 0 Å².